The van der Waals surface area contributed by atoms with Crippen molar-refractivity contribution in [2.24, 2.45) is 0 Å². The minimum atomic E-state index is -4.55. The number of carbonyl (C=O) groups is 3. The number of halogens is 3. The molecule has 7 aromatic heterocycles. The number of thiocarbonyl (C=S) groups is 1. The van der Waals surface area contributed by atoms with Gasteiger partial charge in [-0.25, -0.2) is 4.98 Å². The molecule has 0 fully saturated rings. The van der Waals surface area contributed by atoms with Crippen LogP contribution in [0.4, 0.5) is 30.2 Å². The minimum Gasteiger partial charge on any atom is -0.753 e. The third-order valence-electron chi connectivity index (χ3n) is 11.2. The molecule has 0 aliphatic heterocycles. The second-order valence-electron chi connectivity index (χ2n) is 16.2. The molecule has 2 aromatic carbocycles. The van der Waals surface area contributed by atoms with Crippen LogP contribution in [0.5, 0.6) is 15.9 Å². The van der Waals surface area contributed by atoms with Crippen LogP contribution in [-0.4, -0.2) is 49.6 Å². The number of hydrogen-bond acceptors (Lipinski definition) is 15. The molecule has 0 N–H and O–H groups in total. The average Bonchev–Trinajstić information content (AvgIpc) is 4.18. The van der Waals surface area contributed by atoms with Crippen LogP contribution in [0.3, 0.4) is 0 Å². The van der Waals surface area contributed by atoms with Gasteiger partial charge in [0.1, 0.15) is 22.8 Å². The number of hydrogen-bond donors (Lipinski definition) is 0. The number of unbranched alkanes of at least 4 members (excludes halogenated alkanes) is 4. The second kappa shape index (κ2) is 27.8. The minimum absolute atomic E-state index is 0. The molecule has 7 heterocycles. The van der Waals surface area contributed by atoms with Crippen LogP contribution in [0.15, 0.2) is 122 Å². The number of benzene rings is 2. The quantitative estimate of drug-likeness (QED) is 0.0231. The van der Waals surface area contributed by atoms with Crippen molar-refractivity contribution in [3.63, 3.8) is 0 Å². The van der Waals surface area contributed by atoms with Crippen molar-refractivity contribution in [2.45, 2.75) is 71.4 Å². The molecule has 0 unspecified atom stereocenters. The third-order valence-corrected chi connectivity index (χ3v) is 13.3. The van der Waals surface area contributed by atoms with E-state index in [0.717, 1.165) is 69.0 Å². The number of fused-ring (bicyclic) bond motifs is 2. The Morgan fingerprint density at radius 1 is 0.640 bits per heavy atom. The van der Waals surface area contributed by atoms with Crippen LogP contribution < -0.4 is 24.2 Å². The van der Waals surface area contributed by atoms with Gasteiger partial charge in [-0.3, -0.25) is 29.3 Å². The summed E-state index contributed by atoms with van der Waals surface area (Å²) in [7, 11) is 0. The molecule has 0 radical (unpaired) electrons. The Bertz CT molecular complexity index is 3210. The summed E-state index contributed by atoms with van der Waals surface area (Å²) < 4.78 is 55.9. The fourth-order valence-corrected chi connectivity index (χ4v) is 9.76. The van der Waals surface area contributed by atoms with Gasteiger partial charge >= 0.3 is 25.7 Å². The van der Waals surface area contributed by atoms with E-state index in [-0.39, 0.29) is 30.9 Å². The van der Waals surface area contributed by atoms with E-state index in [4.69, 9.17) is 24.6 Å². The number of anilines is 3. The first kappa shape index (κ1) is 56.9. The first-order chi connectivity index (χ1) is 36.0. The van der Waals surface area contributed by atoms with Crippen molar-refractivity contribution in [3.8, 4) is 50.0 Å². The molecule has 9 aromatic rings. The van der Waals surface area contributed by atoms with Crippen molar-refractivity contribution in [2.75, 3.05) is 4.90 Å². The maximum absolute atomic E-state index is 13.1. The third kappa shape index (κ3) is 14.9. The summed E-state index contributed by atoms with van der Waals surface area (Å²) in [5.41, 5.74) is 6.62. The summed E-state index contributed by atoms with van der Waals surface area (Å²) in [6.45, 7) is 5.45. The topological polar surface area (TPSA) is 183 Å². The number of pyridine rings is 4. The average molecular weight is 1160 g/mol. The van der Waals surface area contributed by atoms with Gasteiger partial charge in [0, 0.05) is 70.7 Å². The van der Waals surface area contributed by atoms with Gasteiger partial charge in [0.2, 0.25) is 0 Å². The molecule has 21 heteroatoms. The fraction of sp³-hybridized carbons (Fsp3) is 0.204. The zero-order valence-corrected chi connectivity index (χ0v) is 44.4. The summed E-state index contributed by atoms with van der Waals surface area (Å²) in [4.78, 5) is 52.6. The van der Waals surface area contributed by atoms with Gasteiger partial charge < -0.3 is 34.7 Å². The molecule has 0 saturated carbocycles. The van der Waals surface area contributed by atoms with E-state index in [1.165, 1.54) is 64.6 Å². The van der Waals surface area contributed by atoms with Crippen LogP contribution in [0.25, 0.3) is 59.7 Å². The van der Waals surface area contributed by atoms with Crippen LogP contribution in [0.1, 0.15) is 69.2 Å². The number of aromatic nitrogens is 6. The number of aryl methyl sites for hydroxylation is 2. The van der Waals surface area contributed by atoms with Crippen LogP contribution in [0.2, 0.25) is 0 Å². The molecule has 0 atom stereocenters. The molecule has 0 amide bonds. The van der Waals surface area contributed by atoms with Crippen molar-refractivity contribution in [1.29, 1.82) is 0 Å². The smallest absolute Gasteiger partial charge is 0.753 e. The molecule has 0 aliphatic rings. The van der Waals surface area contributed by atoms with Gasteiger partial charge in [0.15, 0.2) is 10.1 Å². The predicted octanol–water partition coefficient (Wildman–Crippen LogP) is 14.0. The van der Waals surface area contributed by atoms with E-state index in [1.54, 1.807) is 61.1 Å². The Kier molecular flexibility index (Phi) is 21.1. The molecule has 384 valence electrons. The molecule has 0 saturated heterocycles. The van der Waals surface area contributed by atoms with Crippen LogP contribution in [-0.2, 0) is 52.9 Å². The van der Waals surface area contributed by atoms with Crippen LogP contribution >= 0.6 is 34.9 Å². The summed E-state index contributed by atoms with van der Waals surface area (Å²) in [6.07, 6.45) is 9.46. The van der Waals surface area contributed by atoms with Gasteiger partial charge in [-0.1, -0.05) is 104 Å². The second-order valence-corrected chi connectivity index (χ2v) is 18.4. The summed E-state index contributed by atoms with van der Waals surface area (Å²) in [5.74, 6) is 0.254. The first-order valence-electron chi connectivity index (χ1n) is 23.1. The number of ether oxygens (including phenoxy) is 3. The van der Waals surface area contributed by atoms with Crippen molar-refractivity contribution >= 4 is 96.7 Å². The molecule has 0 bridgehead atoms. The van der Waals surface area contributed by atoms with E-state index in [1.807, 2.05) is 6.07 Å². The molecule has 75 heavy (non-hydrogen) atoms. The van der Waals surface area contributed by atoms with Gasteiger partial charge in [0.25, 0.3) is 19.4 Å². The molecule has 0 aliphatic carbocycles. The van der Waals surface area contributed by atoms with Gasteiger partial charge in [-0.15, -0.1) is 0 Å². The van der Waals surface area contributed by atoms with E-state index < -0.39 is 11.9 Å². The monoisotopic (exact) mass is 1160 g/mol. The fourth-order valence-electron chi connectivity index (χ4n) is 7.82. The largest absolute Gasteiger partial charge is 2.00 e. The first-order valence-corrected chi connectivity index (χ1v) is 25.2. The maximum atomic E-state index is 13.1. The number of thiophene rings is 2. The molecule has 0 spiro atoms. The van der Waals surface area contributed by atoms with Crippen molar-refractivity contribution in [3.05, 3.63) is 144 Å². The Hall–Kier alpha value is -7.41. The van der Waals surface area contributed by atoms with E-state index >= 15 is 0 Å². The number of alkyl halides is 3. The van der Waals surface area contributed by atoms with Crippen molar-refractivity contribution < 1.29 is 61.2 Å². The van der Waals surface area contributed by atoms with E-state index in [2.05, 4.69) is 105 Å². The van der Waals surface area contributed by atoms with Gasteiger partial charge in [-0.05, 0) is 91.4 Å². The normalized spacial score (nSPS) is 10.7. The maximum Gasteiger partial charge on any atom is 2.00 e. The predicted molar refractivity (Wildman–Crippen MR) is 284 cm³/mol. The summed E-state index contributed by atoms with van der Waals surface area (Å²) in [5, 5.41) is 18.0. The zero-order valence-electron chi connectivity index (χ0n) is 40.2. The Labute approximate surface area is 455 Å². The van der Waals surface area contributed by atoms with Crippen molar-refractivity contribution in [1.82, 2.24) is 30.1 Å². The van der Waals surface area contributed by atoms with E-state index in [9.17, 15) is 27.6 Å². The molecular formula is C54H45F3N8O6RuS3. The molecule has 14 nitrogen and oxygen atoms in total. The van der Waals surface area contributed by atoms with Gasteiger partial charge in [0.05, 0.1) is 26.5 Å². The summed E-state index contributed by atoms with van der Waals surface area (Å²) in [6, 6.07) is 31.8. The Morgan fingerprint density at radius 3 is 1.56 bits per heavy atom. The van der Waals surface area contributed by atoms with E-state index in [0.29, 0.717) is 58.0 Å². The number of rotatable bonds is 20. The van der Waals surface area contributed by atoms with Crippen LogP contribution in [0, 0.1) is 0 Å². The number of isothiocyanates is 1. The Morgan fingerprint density at radius 2 is 1.12 bits per heavy atom. The van der Waals surface area contributed by atoms with Gasteiger partial charge in [-0.2, -0.15) is 18.3 Å². The molecule has 9 rings (SSSR count). The number of carbonyl (C=O) groups excluding carboxylic acids is 3. The number of nitrogens with zero attached hydrogens (tertiary/aromatic N) is 8. The Balaban J connectivity index is 0.000000230. The zero-order chi connectivity index (χ0) is 52.5. The SMILES string of the molecule is CCCCCc1ccc(N(c2ccc(CCCCC)cc2)c2ccnc(-c3cc(C(F)(F)F)n[n-]3)c2)cc1.O=COc1cc(-c2nccc3cc(OC=O)sc23)nc(-c2nccc3cc(OC=O)sc23)c1.[N-]=C=S.[Ru+2]. The summed E-state index contributed by atoms with van der Waals surface area (Å²) >= 11 is 6.19. The standard InChI is InChI=1S/C31H34F3N4.C22H11N3O6S2.CNS.Ru/c1-3-5-7-9-23-11-15-25(16-12-23)38(26-17-13-24(14-18-26)10-8-6-4-2)27-19-20-35-28(21-27)29-22-30(37-36-29)31(32,33)34;26-9-29-14-7-15(19-21-12(1-3-23-19)5-17(32-21)30-10-27)25-16(8-14)20-22-13(2-4-24-20)6-18(33-22)31-11-28;2-1-3;/h11-22H,3-10H2,1-2H3;1-11H;;/q-1;;-1;+2. The molecular weight excluding hydrogens is 1110 g/mol.